The molecular formula is C11H15N3O4S. The lowest BCUT2D eigenvalue weighted by Crippen LogP contribution is -2.35. The van der Waals surface area contributed by atoms with Crippen LogP contribution in [-0.4, -0.2) is 31.4 Å². The minimum Gasteiger partial charge on any atom is -0.408 e. The Kier molecular flexibility index (Phi) is 3.48. The fourth-order valence-corrected chi connectivity index (χ4v) is 2.20. The van der Waals surface area contributed by atoms with Crippen LogP contribution in [-0.2, 0) is 23.8 Å². The van der Waals surface area contributed by atoms with Gasteiger partial charge in [0.2, 0.25) is 0 Å². The third-order valence-corrected chi connectivity index (χ3v) is 4.27. The van der Waals surface area contributed by atoms with Crippen molar-refractivity contribution in [2.75, 3.05) is 14.1 Å². The Morgan fingerprint density at radius 1 is 1.37 bits per heavy atom. The average molecular weight is 285 g/mol. The molecule has 0 atom stereocenters. The van der Waals surface area contributed by atoms with Crippen molar-refractivity contribution in [2.24, 2.45) is 7.05 Å². The van der Waals surface area contributed by atoms with Crippen molar-refractivity contribution < 1.29 is 12.8 Å². The lowest BCUT2D eigenvalue weighted by atomic mass is 10.2. The Morgan fingerprint density at radius 2 is 2.05 bits per heavy atom. The molecule has 1 aromatic carbocycles. The minimum atomic E-state index is -3.47. The predicted molar refractivity (Wildman–Crippen MR) is 70.9 cm³/mol. The number of hydrogen-bond donors (Lipinski definition) is 1. The molecule has 0 aliphatic carbocycles. The number of rotatable bonds is 4. The van der Waals surface area contributed by atoms with Crippen LogP contribution in [0.2, 0.25) is 0 Å². The normalized spacial score (nSPS) is 12.4. The molecule has 1 aromatic heterocycles. The summed E-state index contributed by atoms with van der Waals surface area (Å²) in [5.41, 5.74) is 1.82. The average Bonchev–Trinajstić information content (AvgIpc) is 2.62. The second-order valence-corrected chi connectivity index (χ2v) is 6.31. The zero-order chi connectivity index (χ0) is 14.2. The number of nitrogens with one attached hydrogen (secondary N) is 1. The second kappa shape index (κ2) is 4.80. The molecule has 0 aliphatic heterocycles. The monoisotopic (exact) mass is 285 g/mol. The molecule has 0 unspecified atom stereocenters. The highest BCUT2D eigenvalue weighted by molar-refractivity contribution is 7.87. The van der Waals surface area contributed by atoms with Gasteiger partial charge in [0.05, 0.1) is 5.52 Å². The summed E-state index contributed by atoms with van der Waals surface area (Å²) in [6.07, 6.45) is 0. The summed E-state index contributed by atoms with van der Waals surface area (Å²) in [5, 5.41) is 0. The van der Waals surface area contributed by atoms with E-state index in [0.29, 0.717) is 16.7 Å². The first kappa shape index (κ1) is 13.8. The van der Waals surface area contributed by atoms with Crippen molar-refractivity contribution in [1.82, 2.24) is 13.6 Å². The molecular weight excluding hydrogens is 270 g/mol. The Labute approximate surface area is 110 Å². The number of oxazole rings is 1. The largest absolute Gasteiger partial charge is 0.419 e. The van der Waals surface area contributed by atoms with Gasteiger partial charge in [0, 0.05) is 27.7 Å². The number of hydrogen-bond acceptors (Lipinski definition) is 4. The summed E-state index contributed by atoms with van der Waals surface area (Å²) >= 11 is 0. The molecule has 1 heterocycles. The van der Waals surface area contributed by atoms with E-state index in [1.54, 1.807) is 25.2 Å². The van der Waals surface area contributed by atoms with Crippen molar-refractivity contribution in [2.45, 2.75) is 6.54 Å². The van der Waals surface area contributed by atoms with Crippen molar-refractivity contribution in [1.29, 1.82) is 0 Å². The molecule has 8 heteroatoms. The number of nitrogens with zero attached hydrogens (tertiary/aromatic N) is 2. The van der Waals surface area contributed by atoms with Crippen LogP contribution in [0, 0.1) is 0 Å². The van der Waals surface area contributed by atoms with E-state index in [9.17, 15) is 13.2 Å². The molecule has 0 bridgehead atoms. The predicted octanol–water partition coefficient (Wildman–Crippen LogP) is 0.0275. The fourth-order valence-electron chi connectivity index (χ4n) is 1.59. The van der Waals surface area contributed by atoms with E-state index in [-0.39, 0.29) is 6.54 Å². The maximum Gasteiger partial charge on any atom is 0.419 e. The topological polar surface area (TPSA) is 84.6 Å². The van der Waals surface area contributed by atoms with Gasteiger partial charge in [-0.1, -0.05) is 6.07 Å². The van der Waals surface area contributed by atoms with Crippen molar-refractivity contribution >= 4 is 21.3 Å². The van der Waals surface area contributed by atoms with Crippen LogP contribution in [0.4, 0.5) is 0 Å². The zero-order valence-corrected chi connectivity index (χ0v) is 11.7. The van der Waals surface area contributed by atoms with Gasteiger partial charge >= 0.3 is 5.76 Å². The summed E-state index contributed by atoms with van der Waals surface area (Å²) in [7, 11) is 1.04. The molecule has 0 radical (unpaired) electrons. The highest BCUT2D eigenvalue weighted by Gasteiger charge is 2.13. The molecule has 2 aromatic rings. The molecule has 0 spiro atoms. The third-order valence-electron chi connectivity index (χ3n) is 2.80. The lowest BCUT2D eigenvalue weighted by Gasteiger charge is -2.12. The smallest absolute Gasteiger partial charge is 0.408 e. The van der Waals surface area contributed by atoms with E-state index < -0.39 is 16.0 Å². The van der Waals surface area contributed by atoms with Gasteiger partial charge in [-0.2, -0.15) is 17.4 Å². The molecule has 1 N–H and O–H groups in total. The number of aryl methyl sites for hydroxylation is 1. The van der Waals surface area contributed by atoms with E-state index in [2.05, 4.69) is 4.72 Å². The maximum absolute atomic E-state index is 11.6. The van der Waals surface area contributed by atoms with Gasteiger partial charge in [-0.05, 0) is 17.7 Å². The maximum atomic E-state index is 11.6. The zero-order valence-electron chi connectivity index (χ0n) is 10.9. The molecule has 7 nitrogen and oxygen atoms in total. The Bertz CT molecular complexity index is 758. The number of aromatic nitrogens is 1. The van der Waals surface area contributed by atoms with Crippen LogP contribution in [0.1, 0.15) is 5.56 Å². The molecule has 104 valence electrons. The summed E-state index contributed by atoms with van der Waals surface area (Å²) < 4.78 is 33.1. The van der Waals surface area contributed by atoms with E-state index in [1.807, 2.05) is 0 Å². The summed E-state index contributed by atoms with van der Waals surface area (Å²) in [4.78, 5) is 11.3. The van der Waals surface area contributed by atoms with Gasteiger partial charge in [-0.15, -0.1) is 0 Å². The second-order valence-electron chi connectivity index (χ2n) is 4.34. The van der Waals surface area contributed by atoms with Gasteiger partial charge in [-0.25, -0.2) is 4.79 Å². The Morgan fingerprint density at radius 3 is 2.68 bits per heavy atom. The third kappa shape index (κ3) is 2.70. The highest BCUT2D eigenvalue weighted by atomic mass is 32.2. The first-order valence-electron chi connectivity index (χ1n) is 5.57. The first-order valence-corrected chi connectivity index (χ1v) is 7.01. The van der Waals surface area contributed by atoms with Crippen LogP contribution >= 0.6 is 0 Å². The van der Waals surface area contributed by atoms with Gasteiger partial charge < -0.3 is 4.42 Å². The van der Waals surface area contributed by atoms with E-state index in [4.69, 9.17) is 4.42 Å². The molecule has 0 aliphatic rings. The van der Waals surface area contributed by atoms with Crippen LogP contribution in [0.25, 0.3) is 11.1 Å². The molecule has 0 saturated carbocycles. The van der Waals surface area contributed by atoms with E-state index in [0.717, 1.165) is 4.31 Å². The summed E-state index contributed by atoms with van der Waals surface area (Å²) in [6, 6.07) is 5.11. The standard InChI is InChI=1S/C11H15N3O4S/c1-13(2)19(16,17)12-7-8-4-5-9-10(6-8)18-11(15)14(9)3/h4-6,12H,7H2,1-3H3. The van der Waals surface area contributed by atoms with Crippen LogP contribution in [0.5, 0.6) is 0 Å². The molecule has 0 amide bonds. The van der Waals surface area contributed by atoms with Crippen molar-refractivity contribution in [3.05, 3.63) is 34.3 Å². The molecule has 0 fully saturated rings. The Balaban J connectivity index is 2.26. The van der Waals surface area contributed by atoms with Crippen LogP contribution in [0.15, 0.2) is 27.4 Å². The molecule has 2 rings (SSSR count). The SMILES string of the molecule is CN(C)S(=O)(=O)NCc1ccc2c(c1)oc(=O)n2C. The summed E-state index contributed by atoms with van der Waals surface area (Å²) in [6.45, 7) is 0.134. The van der Waals surface area contributed by atoms with Gasteiger partial charge in [-0.3, -0.25) is 4.57 Å². The molecule has 0 saturated heterocycles. The highest BCUT2D eigenvalue weighted by Crippen LogP contribution is 2.14. The quantitative estimate of drug-likeness (QED) is 0.858. The fraction of sp³-hybridized carbons (Fsp3) is 0.364. The first-order chi connectivity index (χ1) is 8.81. The van der Waals surface area contributed by atoms with Crippen LogP contribution < -0.4 is 10.5 Å². The van der Waals surface area contributed by atoms with E-state index >= 15 is 0 Å². The van der Waals surface area contributed by atoms with Crippen LogP contribution in [0.3, 0.4) is 0 Å². The number of fused-ring (bicyclic) bond motifs is 1. The van der Waals surface area contributed by atoms with Crippen molar-refractivity contribution in [3.63, 3.8) is 0 Å². The summed E-state index contributed by atoms with van der Waals surface area (Å²) in [5.74, 6) is -0.443. The number of benzene rings is 1. The van der Waals surface area contributed by atoms with Gasteiger partial charge in [0.15, 0.2) is 5.58 Å². The minimum absolute atomic E-state index is 0.134. The van der Waals surface area contributed by atoms with Gasteiger partial charge in [0.25, 0.3) is 10.2 Å². The van der Waals surface area contributed by atoms with E-state index in [1.165, 1.54) is 18.7 Å². The lowest BCUT2D eigenvalue weighted by molar-refractivity contribution is 0.505. The Hall–Kier alpha value is -1.64. The van der Waals surface area contributed by atoms with Crippen molar-refractivity contribution in [3.8, 4) is 0 Å². The molecule has 19 heavy (non-hydrogen) atoms. The van der Waals surface area contributed by atoms with Gasteiger partial charge in [0.1, 0.15) is 0 Å².